The molecule has 0 radical (unpaired) electrons. The Morgan fingerprint density at radius 1 is 1.27 bits per heavy atom. The molecular weight excluding hydrogens is 208 g/mol. The van der Waals surface area contributed by atoms with Gasteiger partial charge in [0.1, 0.15) is 5.82 Å². The third-order valence-electron chi connectivity index (χ3n) is 2.52. The highest BCUT2D eigenvalue weighted by molar-refractivity contribution is 6.30. The van der Waals surface area contributed by atoms with E-state index in [1.54, 1.807) is 6.20 Å². The van der Waals surface area contributed by atoms with Crippen LogP contribution in [0.2, 0.25) is 5.02 Å². The van der Waals surface area contributed by atoms with Gasteiger partial charge in [0.25, 0.3) is 0 Å². The first kappa shape index (κ1) is 12.3. The molecular formula is C12H19ClN2. The Morgan fingerprint density at radius 3 is 2.73 bits per heavy atom. The number of halogens is 1. The van der Waals surface area contributed by atoms with Crippen LogP contribution in [0, 0.1) is 0 Å². The number of nitrogens with zero attached hydrogens (tertiary/aromatic N) is 1. The number of aromatic nitrogens is 1. The van der Waals surface area contributed by atoms with Gasteiger partial charge in [0.2, 0.25) is 0 Å². The topological polar surface area (TPSA) is 38.9 Å². The van der Waals surface area contributed by atoms with E-state index in [9.17, 15) is 0 Å². The maximum Gasteiger partial charge on any atom is 0.126 e. The molecule has 0 amide bonds. The minimum atomic E-state index is 0.620. The fourth-order valence-electron chi connectivity index (χ4n) is 1.61. The Hall–Kier alpha value is -0.760. The number of rotatable bonds is 6. The molecule has 0 aromatic carbocycles. The summed E-state index contributed by atoms with van der Waals surface area (Å²) in [5.41, 5.74) is 6.84. The van der Waals surface area contributed by atoms with Gasteiger partial charge in [-0.1, -0.05) is 44.2 Å². The van der Waals surface area contributed by atoms with Gasteiger partial charge < -0.3 is 5.73 Å². The lowest BCUT2D eigenvalue weighted by Crippen LogP contribution is -1.97. The van der Waals surface area contributed by atoms with Crippen molar-refractivity contribution in [3.63, 3.8) is 0 Å². The summed E-state index contributed by atoms with van der Waals surface area (Å²) in [4.78, 5) is 4.04. The number of hydrogen-bond donors (Lipinski definition) is 1. The van der Waals surface area contributed by atoms with Gasteiger partial charge in [-0.25, -0.2) is 4.98 Å². The standard InChI is InChI=1S/C12H19ClN2/c1-2-3-4-5-6-7-10-8-11(13)9-15-12(10)14/h8-9H,2-7H2,1H3,(H2,14,15). The quantitative estimate of drug-likeness (QED) is 0.749. The van der Waals surface area contributed by atoms with Gasteiger partial charge in [-0.15, -0.1) is 0 Å². The summed E-state index contributed by atoms with van der Waals surface area (Å²) in [7, 11) is 0. The van der Waals surface area contributed by atoms with E-state index in [1.165, 1.54) is 32.1 Å². The third kappa shape index (κ3) is 4.52. The van der Waals surface area contributed by atoms with Crippen molar-refractivity contribution in [2.24, 2.45) is 0 Å². The lowest BCUT2D eigenvalue weighted by molar-refractivity contribution is 0.632. The summed E-state index contributed by atoms with van der Waals surface area (Å²) in [5, 5.41) is 0.674. The van der Waals surface area contributed by atoms with Crippen LogP contribution in [0.3, 0.4) is 0 Å². The average molecular weight is 227 g/mol. The first-order valence-electron chi connectivity index (χ1n) is 5.64. The molecule has 0 saturated carbocycles. The molecule has 0 bridgehead atoms. The zero-order valence-electron chi connectivity index (χ0n) is 9.30. The lowest BCUT2D eigenvalue weighted by atomic mass is 10.1. The molecule has 0 spiro atoms. The van der Waals surface area contributed by atoms with E-state index in [2.05, 4.69) is 11.9 Å². The second kappa shape index (κ2) is 6.67. The van der Waals surface area contributed by atoms with Crippen molar-refractivity contribution in [1.29, 1.82) is 0 Å². The third-order valence-corrected chi connectivity index (χ3v) is 2.72. The zero-order valence-corrected chi connectivity index (χ0v) is 10.1. The summed E-state index contributed by atoms with van der Waals surface area (Å²) in [6, 6.07) is 1.92. The van der Waals surface area contributed by atoms with Crippen molar-refractivity contribution < 1.29 is 0 Å². The summed E-state index contributed by atoms with van der Waals surface area (Å²) in [5.74, 6) is 0.620. The minimum absolute atomic E-state index is 0.620. The second-order valence-electron chi connectivity index (χ2n) is 3.86. The predicted octanol–water partition coefficient (Wildman–Crippen LogP) is 3.83. The molecule has 1 heterocycles. The predicted molar refractivity (Wildman–Crippen MR) is 66.1 cm³/mol. The molecule has 1 aromatic heterocycles. The first-order chi connectivity index (χ1) is 7.24. The van der Waals surface area contributed by atoms with Crippen LogP contribution in [0.15, 0.2) is 12.3 Å². The van der Waals surface area contributed by atoms with Crippen molar-refractivity contribution in [1.82, 2.24) is 4.98 Å². The van der Waals surface area contributed by atoms with Crippen molar-refractivity contribution in [3.05, 3.63) is 22.8 Å². The van der Waals surface area contributed by atoms with Crippen molar-refractivity contribution >= 4 is 17.4 Å². The number of pyridine rings is 1. The van der Waals surface area contributed by atoms with E-state index in [-0.39, 0.29) is 0 Å². The summed E-state index contributed by atoms with van der Waals surface area (Å²) < 4.78 is 0. The molecule has 15 heavy (non-hydrogen) atoms. The molecule has 1 rings (SSSR count). The van der Waals surface area contributed by atoms with Gasteiger partial charge in [0.15, 0.2) is 0 Å². The van der Waals surface area contributed by atoms with E-state index in [0.717, 1.165) is 12.0 Å². The molecule has 0 saturated heterocycles. The fraction of sp³-hybridized carbons (Fsp3) is 0.583. The van der Waals surface area contributed by atoms with Crippen LogP contribution in [-0.4, -0.2) is 4.98 Å². The smallest absolute Gasteiger partial charge is 0.126 e. The van der Waals surface area contributed by atoms with Crippen molar-refractivity contribution in [2.45, 2.75) is 45.4 Å². The number of unbranched alkanes of at least 4 members (excludes halogenated alkanes) is 4. The maximum atomic E-state index is 5.86. The molecule has 2 N–H and O–H groups in total. The van der Waals surface area contributed by atoms with E-state index < -0.39 is 0 Å². The van der Waals surface area contributed by atoms with Crippen molar-refractivity contribution in [3.8, 4) is 0 Å². The van der Waals surface area contributed by atoms with Crippen LogP contribution in [0.1, 0.15) is 44.6 Å². The van der Waals surface area contributed by atoms with Crippen LogP contribution in [0.5, 0.6) is 0 Å². The van der Waals surface area contributed by atoms with Crippen LogP contribution >= 0.6 is 11.6 Å². The van der Waals surface area contributed by atoms with Gasteiger partial charge in [-0.2, -0.15) is 0 Å². The molecule has 2 nitrogen and oxygen atoms in total. The molecule has 0 aliphatic rings. The molecule has 0 fully saturated rings. The number of anilines is 1. The number of nitrogens with two attached hydrogens (primary N) is 1. The summed E-state index contributed by atoms with van der Waals surface area (Å²) >= 11 is 5.86. The SMILES string of the molecule is CCCCCCCc1cc(Cl)cnc1N. The van der Waals surface area contributed by atoms with Gasteiger partial charge in [-0.3, -0.25) is 0 Å². The Morgan fingerprint density at radius 2 is 2.00 bits per heavy atom. The Balaban J connectivity index is 2.33. The monoisotopic (exact) mass is 226 g/mol. The van der Waals surface area contributed by atoms with Crippen LogP contribution < -0.4 is 5.73 Å². The van der Waals surface area contributed by atoms with E-state index in [4.69, 9.17) is 17.3 Å². The Bertz CT molecular complexity index is 300. The highest BCUT2D eigenvalue weighted by atomic mass is 35.5. The highest BCUT2D eigenvalue weighted by Crippen LogP contribution is 2.17. The second-order valence-corrected chi connectivity index (χ2v) is 4.30. The van der Waals surface area contributed by atoms with Gasteiger partial charge in [-0.05, 0) is 24.5 Å². The first-order valence-corrected chi connectivity index (χ1v) is 6.01. The van der Waals surface area contributed by atoms with Gasteiger partial charge >= 0.3 is 0 Å². The normalized spacial score (nSPS) is 10.5. The van der Waals surface area contributed by atoms with Crippen molar-refractivity contribution in [2.75, 3.05) is 5.73 Å². The molecule has 1 aromatic rings. The molecule has 3 heteroatoms. The largest absolute Gasteiger partial charge is 0.383 e. The van der Waals surface area contributed by atoms with Crippen LogP contribution in [0.25, 0.3) is 0 Å². The fourth-order valence-corrected chi connectivity index (χ4v) is 1.79. The zero-order chi connectivity index (χ0) is 11.1. The molecule has 84 valence electrons. The van der Waals surface area contributed by atoms with Gasteiger partial charge in [0.05, 0.1) is 5.02 Å². The molecule has 0 aliphatic carbocycles. The number of aryl methyl sites for hydroxylation is 1. The molecule has 0 unspecified atom stereocenters. The molecule has 0 atom stereocenters. The van der Waals surface area contributed by atoms with Crippen LogP contribution in [-0.2, 0) is 6.42 Å². The van der Waals surface area contributed by atoms with E-state index >= 15 is 0 Å². The maximum absolute atomic E-state index is 5.86. The summed E-state index contributed by atoms with van der Waals surface area (Å²) in [6.07, 6.45) is 8.93. The van der Waals surface area contributed by atoms with Gasteiger partial charge in [0, 0.05) is 6.20 Å². The average Bonchev–Trinajstić information content (AvgIpc) is 2.23. The van der Waals surface area contributed by atoms with E-state index in [0.29, 0.717) is 10.8 Å². The number of nitrogen functional groups attached to an aromatic ring is 1. The highest BCUT2D eigenvalue weighted by Gasteiger charge is 2.01. The van der Waals surface area contributed by atoms with Crippen LogP contribution in [0.4, 0.5) is 5.82 Å². The number of hydrogen-bond acceptors (Lipinski definition) is 2. The molecule has 0 aliphatic heterocycles. The summed E-state index contributed by atoms with van der Waals surface area (Å²) in [6.45, 7) is 2.22. The minimum Gasteiger partial charge on any atom is -0.383 e. The van der Waals surface area contributed by atoms with E-state index in [1.807, 2.05) is 6.07 Å². The Labute approximate surface area is 96.8 Å². The lowest BCUT2D eigenvalue weighted by Gasteiger charge is -2.04. The Kier molecular flexibility index (Phi) is 5.48.